The van der Waals surface area contributed by atoms with Gasteiger partial charge in [-0.3, -0.25) is 4.79 Å². The number of halogens is 1. The lowest BCUT2D eigenvalue weighted by Crippen LogP contribution is -2.39. The highest BCUT2D eigenvalue weighted by Gasteiger charge is 2.18. The molecular weight excluding hydrogens is 479 g/mol. The minimum Gasteiger partial charge on any atom is -0.497 e. The van der Waals surface area contributed by atoms with Crippen molar-refractivity contribution >= 4 is 46.6 Å². The number of hydrogen-bond donors (Lipinski definition) is 2. The van der Waals surface area contributed by atoms with Gasteiger partial charge in [0.1, 0.15) is 5.75 Å². The molecule has 0 atom stereocenters. The van der Waals surface area contributed by atoms with E-state index in [1.165, 1.54) is 5.39 Å². The minimum atomic E-state index is 0. The Morgan fingerprint density at radius 2 is 1.97 bits per heavy atom. The molecule has 3 rings (SSSR count). The monoisotopic (exact) mass is 510 g/mol. The van der Waals surface area contributed by atoms with Gasteiger partial charge in [-0.1, -0.05) is 18.2 Å². The van der Waals surface area contributed by atoms with Crippen molar-refractivity contribution in [2.24, 2.45) is 4.99 Å². The third-order valence-electron chi connectivity index (χ3n) is 4.94. The molecule has 0 spiro atoms. The van der Waals surface area contributed by atoms with Gasteiger partial charge in [-0.15, -0.1) is 24.0 Å². The van der Waals surface area contributed by atoms with Gasteiger partial charge in [0.2, 0.25) is 5.91 Å². The molecule has 0 saturated carbocycles. The van der Waals surface area contributed by atoms with Crippen LogP contribution in [-0.4, -0.2) is 50.1 Å². The maximum Gasteiger partial charge on any atom is 0.222 e. The van der Waals surface area contributed by atoms with E-state index in [4.69, 9.17) is 9.73 Å². The van der Waals surface area contributed by atoms with Crippen molar-refractivity contribution in [2.75, 3.05) is 33.3 Å². The second kappa shape index (κ2) is 11.8. The number of methoxy groups -OCH3 is 1. The first-order valence-electron chi connectivity index (χ1n) is 10.1. The zero-order valence-corrected chi connectivity index (χ0v) is 19.6. The average Bonchev–Trinajstić information content (AvgIpc) is 3.13. The molecule has 6 nitrogen and oxygen atoms in total. The first-order chi connectivity index (χ1) is 13.7. The molecule has 1 saturated heterocycles. The van der Waals surface area contributed by atoms with E-state index in [9.17, 15) is 4.79 Å². The zero-order valence-electron chi connectivity index (χ0n) is 17.2. The third-order valence-corrected chi connectivity index (χ3v) is 4.94. The number of benzene rings is 2. The fourth-order valence-electron chi connectivity index (χ4n) is 3.43. The molecule has 0 bridgehead atoms. The molecule has 1 fully saturated rings. The summed E-state index contributed by atoms with van der Waals surface area (Å²) in [5, 5.41) is 8.99. The Balaban J connectivity index is 0.00000300. The molecule has 7 heteroatoms. The summed E-state index contributed by atoms with van der Waals surface area (Å²) in [5.74, 6) is 1.96. The summed E-state index contributed by atoms with van der Waals surface area (Å²) in [4.78, 5) is 18.3. The number of nitrogens with zero attached hydrogens (tertiary/aromatic N) is 2. The SMILES string of the molecule is CCNC(=NCc1ccc2cc(OC)ccc2c1)NCCCN1CCCC1=O.I. The first-order valence-corrected chi connectivity index (χ1v) is 10.1. The van der Waals surface area contributed by atoms with Gasteiger partial charge in [0.25, 0.3) is 0 Å². The second-order valence-electron chi connectivity index (χ2n) is 7.01. The number of amides is 1. The van der Waals surface area contributed by atoms with Gasteiger partial charge >= 0.3 is 0 Å². The Hall–Kier alpha value is -2.03. The maximum absolute atomic E-state index is 11.7. The summed E-state index contributed by atoms with van der Waals surface area (Å²) in [6.45, 7) is 6.01. The van der Waals surface area contributed by atoms with Gasteiger partial charge in [0, 0.05) is 32.6 Å². The molecule has 0 unspecified atom stereocenters. The van der Waals surface area contributed by atoms with Crippen molar-refractivity contribution < 1.29 is 9.53 Å². The third kappa shape index (κ3) is 6.76. The Labute approximate surface area is 190 Å². The van der Waals surface area contributed by atoms with Crippen LogP contribution in [0, 0.1) is 0 Å². The van der Waals surface area contributed by atoms with Crippen LogP contribution < -0.4 is 15.4 Å². The van der Waals surface area contributed by atoms with Crippen LogP contribution in [-0.2, 0) is 11.3 Å². The van der Waals surface area contributed by atoms with Crippen LogP contribution in [0.15, 0.2) is 41.4 Å². The van der Waals surface area contributed by atoms with Crippen molar-refractivity contribution in [3.63, 3.8) is 0 Å². The molecule has 1 aliphatic heterocycles. The number of aliphatic imine (C=N–C) groups is 1. The van der Waals surface area contributed by atoms with E-state index in [0.717, 1.165) is 61.7 Å². The number of likely N-dealkylation sites (tertiary alicyclic amines) is 1. The number of hydrogen-bond acceptors (Lipinski definition) is 3. The quantitative estimate of drug-likeness (QED) is 0.247. The molecular formula is C22H31IN4O2. The van der Waals surface area contributed by atoms with Gasteiger partial charge in [-0.05, 0) is 54.3 Å². The lowest BCUT2D eigenvalue weighted by Gasteiger charge is -2.16. The predicted octanol–water partition coefficient (Wildman–Crippen LogP) is 3.53. The van der Waals surface area contributed by atoms with Crippen LogP contribution >= 0.6 is 24.0 Å². The van der Waals surface area contributed by atoms with Gasteiger partial charge in [0.15, 0.2) is 5.96 Å². The summed E-state index contributed by atoms with van der Waals surface area (Å²) in [7, 11) is 1.68. The highest BCUT2D eigenvalue weighted by molar-refractivity contribution is 14.0. The van der Waals surface area contributed by atoms with Crippen LogP contribution in [0.1, 0.15) is 31.7 Å². The summed E-state index contributed by atoms with van der Waals surface area (Å²) < 4.78 is 5.28. The minimum absolute atomic E-state index is 0. The molecule has 1 heterocycles. The smallest absolute Gasteiger partial charge is 0.222 e. The van der Waals surface area contributed by atoms with Crippen LogP contribution in [0.5, 0.6) is 5.75 Å². The lowest BCUT2D eigenvalue weighted by atomic mass is 10.1. The average molecular weight is 510 g/mol. The fraction of sp³-hybridized carbons (Fsp3) is 0.455. The van der Waals surface area contributed by atoms with Crippen LogP contribution in [0.3, 0.4) is 0 Å². The van der Waals surface area contributed by atoms with Gasteiger partial charge in [0.05, 0.1) is 13.7 Å². The molecule has 1 aliphatic rings. The van der Waals surface area contributed by atoms with Crippen LogP contribution in [0.2, 0.25) is 0 Å². The molecule has 0 aromatic heterocycles. The van der Waals surface area contributed by atoms with E-state index >= 15 is 0 Å². The maximum atomic E-state index is 11.7. The number of ether oxygens (including phenoxy) is 1. The van der Waals surface area contributed by atoms with Crippen molar-refractivity contribution in [2.45, 2.75) is 32.7 Å². The second-order valence-corrected chi connectivity index (χ2v) is 7.01. The molecule has 2 N–H and O–H groups in total. The van der Waals surface area contributed by atoms with E-state index < -0.39 is 0 Å². The lowest BCUT2D eigenvalue weighted by molar-refractivity contribution is -0.127. The fourth-order valence-corrected chi connectivity index (χ4v) is 3.43. The Bertz CT molecular complexity index is 841. The first kappa shape index (κ1) is 23.3. The van der Waals surface area contributed by atoms with E-state index in [2.05, 4.69) is 41.8 Å². The number of nitrogens with one attached hydrogen (secondary N) is 2. The largest absolute Gasteiger partial charge is 0.497 e. The normalized spacial score (nSPS) is 14.1. The van der Waals surface area contributed by atoms with E-state index in [-0.39, 0.29) is 29.9 Å². The predicted molar refractivity (Wildman–Crippen MR) is 129 cm³/mol. The Morgan fingerprint density at radius 3 is 2.69 bits per heavy atom. The Kier molecular flexibility index (Phi) is 9.50. The van der Waals surface area contributed by atoms with Gasteiger partial charge in [-0.25, -0.2) is 4.99 Å². The zero-order chi connectivity index (χ0) is 19.8. The van der Waals surface area contributed by atoms with E-state index in [0.29, 0.717) is 13.0 Å². The van der Waals surface area contributed by atoms with Crippen molar-refractivity contribution in [3.05, 3.63) is 42.0 Å². The number of fused-ring (bicyclic) bond motifs is 1. The highest BCUT2D eigenvalue weighted by atomic mass is 127. The number of guanidine groups is 1. The van der Waals surface area contributed by atoms with Gasteiger partial charge in [-0.2, -0.15) is 0 Å². The molecule has 158 valence electrons. The molecule has 1 amide bonds. The number of carbonyl (C=O) groups is 1. The number of carbonyl (C=O) groups excluding carboxylic acids is 1. The van der Waals surface area contributed by atoms with Gasteiger partial charge < -0.3 is 20.3 Å². The standard InChI is InChI=1S/C22H30N4O2.HI/c1-3-23-22(24-11-5-13-26-12-4-6-21(26)27)25-16-17-7-8-19-15-20(28-2)10-9-18(19)14-17;/h7-10,14-15H,3-6,11-13,16H2,1-2H3,(H2,23,24,25);1H. The molecule has 2 aromatic rings. The number of rotatable bonds is 8. The van der Waals surface area contributed by atoms with E-state index in [1.807, 2.05) is 17.0 Å². The molecule has 2 aromatic carbocycles. The summed E-state index contributed by atoms with van der Waals surface area (Å²) in [6, 6.07) is 12.5. The summed E-state index contributed by atoms with van der Waals surface area (Å²) in [5.41, 5.74) is 1.16. The van der Waals surface area contributed by atoms with Crippen molar-refractivity contribution in [1.82, 2.24) is 15.5 Å². The van der Waals surface area contributed by atoms with Crippen LogP contribution in [0.25, 0.3) is 10.8 Å². The molecule has 0 aliphatic carbocycles. The van der Waals surface area contributed by atoms with Crippen LogP contribution in [0.4, 0.5) is 0 Å². The molecule has 29 heavy (non-hydrogen) atoms. The molecule has 0 radical (unpaired) electrons. The summed E-state index contributed by atoms with van der Waals surface area (Å²) >= 11 is 0. The highest BCUT2D eigenvalue weighted by Crippen LogP contribution is 2.22. The van der Waals surface area contributed by atoms with E-state index in [1.54, 1.807) is 7.11 Å². The van der Waals surface area contributed by atoms with Crippen molar-refractivity contribution in [3.8, 4) is 5.75 Å². The summed E-state index contributed by atoms with van der Waals surface area (Å²) in [6.07, 6.45) is 2.62. The topological polar surface area (TPSA) is 66.0 Å². The Morgan fingerprint density at radius 1 is 1.17 bits per heavy atom. The van der Waals surface area contributed by atoms with Crippen molar-refractivity contribution in [1.29, 1.82) is 0 Å².